The summed E-state index contributed by atoms with van der Waals surface area (Å²) in [5, 5.41) is 0. The Kier molecular flexibility index (Phi) is 6.01. The summed E-state index contributed by atoms with van der Waals surface area (Å²) in [5.74, 6) is -0.108. The minimum absolute atomic E-state index is 0.157. The molecule has 0 bridgehead atoms. The van der Waals surface area contributed by atoms with Crippen LogP contribution in [0.15, 0.2) is 29.2 Å². The van der Waals surface area contributed by atoms with E-state index in [1.54, 1.807) is 24.3 Å². The van der Waals surface area contributed by atoms with Crippen LogP contribution in [0, 0.1) is 0 Å². The molecule has 0 aliphatic rings. The molecule has 1 rings (SSSR count). The molecule has 5 nitrogen and oxygen atoms in total. The van der Waals surface area contributed by atoms with E-state index in [0.29, 0.717) is 24.3 Å². The number of hydrogen-bond donors (Lipinski definition) is 0. The number of rotatable bonds is 7. The third-order valence-electron chi connectivity index (χ3n) is 2.99. The van der Waals surface area contributed by atoms with Crippen molar-refractivity contribution < 1.29 is 17.9 Å². The third-order valence-corrected chi connectivity index (χ3v) is 4.92. The van der Waals surface area contributed by atoms with Crippen molar-refractivity contribution in [2.24, 2.45) is 0 Å². The topological polar surface area (TPSA) is 63.7 Å². The second-order valence-electron chi connectivity index (χ2n) is 4.56. The molecule has 20 heavy (non-hydrogen) atoms. The number of methoxy groups -OCH3 is 1. The summed E-state index contributed by atoms with van der Waals surface area (Å²) in [6, 6.07) is 6.71. The SMILES string of the molecule is CCCS(=O)(=O)c1ccc(N(C)CCC(=O)OC)cc1. The highest BCUT2D eigenvalue weighted by atomic mass is 32.2. The molecule has 0 aliphatic heterocycles. The van der Waals surface area contributed by atoms with Crippen molar-refractivity contribution in [3.63, 3.8) is 0 Å². The third kappa shape index (κ3) is 4.52. The predicted octanol–water partition coefficient (Wildman–Crippen LogP) is 1.87. The van der Waals surface area contributed by atoms with E-state index in [1.165, 1.54) is 7.11 Å². The molecule has 1 aromatic carbocycles. The molecule has 6 heteroatoms. The number of sulfone groups is 1. The number of benzene rings is 1. The Balaban J connectivity index is 2.73. The lowest BCUT2D eigenvalue weighted by Crippen LogP contribution is -2.21. The quantitative estimate of drug-likeness (QED) is 0.719. The van der Waals surface area contributed by atoms with Crippen molar-refractivity contribution in [2.45, 2.75) is 24.7 Å². The highest BCUT2D eigenvalue weighted by Crippen LogP contribution is 2.18. The highest BCUT2D eigenvalue weighted by Gasteiger charge is 2.13. The molecule has 0 unspecified atom stereocenters. The first-order chi connectivity index (χ1) is 9.40. The number of esters is 1. The van der Waals surface area contributed by atoms with Crippen molar-refractivity contribution in [3.05, 3.63) is 24.3 Å². The Bertz CT molecular complexity index is 537. The van der Waals surface area contributed by atoms with Crippen LogP contribution in [0.3, 0.4) is 0 Å². The van der Waals surface area contributed by atoms with Crippen LogP contribution >= 0.6 is 0 Å². The fourth-order valence-electron chi connectivity index (χ4n) is 1.78. The maximum atomic E-state index is 11.9. The smallest absolute Gasteiger partial charge is 0.307 e. The summed E-state index contributed by atoms with van der Waals surface area (Å²) in [4.78, 5) is 13.3. The van der Waals surface area contributed by atoms with Gasteiger partial charge < -0.3 is 9.64 Å². The minimum Gasteiger partial charge on any atom is -0.469 e. The van der Waals surface area contributed by atoms with Gasteiger partial charge in [0.1, 0.15) is 0 Å². The first kappa shape index (κ1) is 16.5. The molecule has 112 valence electrons. The number of anilines is 1. The van der Waals surface area contributed by atoms with Gasteiger partial charge in [0.25, 0.3) is 0 Å². The predicted molar refractivity (Wildman–Crippen MR) is 78.7 cm³/mol. The Hall–Kier alpha value is -1.56. The van der Waals surface area contributed by atoms with Crippen LogP contribution in [0.5, 0.6) is 0 Å². The van der Waals surface area contributed by atoms with Crippen LogP contribution in [0.1, 0.15) is 19.8 Å². The molecule has 0 aliphatic carbocycles. The molecule has 0 saturated carbocycles. The van der Waals surface area contributed by atoms with Gasteiger partial charge in [-0.3, -0.25) is 4.79 Å². The number of carbonyl (C=O) groups excluding carboxylic acids is 1. The van der Waals surface area contributed by atoms with Crippen LogP contribution in [-0.2, 0) is 19.4 Å². The zero-order valence-corrected chi connectivity index (χ0v) is 12.9. The normalized spacial score (nSPS) is 11.2. The van der Waals surface area contributed by atoms with Crippen molar-refractivity contribution in [1.82, 2.24) is 0 Å². The van der Waals surface area contributed by atoms with E-state index in [-0.39, 0.29) is 11.7 Å². The van der Waals surface area contributed by atoms with Crippen LogP contribution in [0.25, 0.3) is 0 Å². The summed E-state index contributed by atoms with van der Waals surface area (Å²) in [5.41, 5.74) is 0.865. The summed E-state index contributed by atoms with van der Waals surface area (Å²) in [6.45, 7) is 2.36. The van der Waals surface area contributed by atoms with E-state index in [2.05, 4.69) is 4.74 Å². The summed E-state index contributed by atoms with van der Waals surface area (Å²) >= 11 is 0. The second-order valence-corrected chi connectivity index (χ2v) is 6.67. The van der Waals surface area contributed by atoms with E-state index in [0.717, 1.165) is 5.69 Å². The Morgan fingerprint density at radius 2 is 1.85 bits per heavy atom. The Labute approximate surface area is 120 Å². The van der Waals surface area contributed by atoms with Gasteiger partial charge in [0.05, 0.1) is 24.2 Å². The summed E-state index contributed by atoms with van der Waals surface area (Å²) in [6.07, 6.45) is 0.895. The zero-order chi connectivity index (χ0) is 15.2. The lowest BCUT2D eigenvalue weighted by molar-refractivity contribution is -0.140. The largest absolute Gasteiger partial charge is 0.469 e. The fourth-order valence-corrected chi connectivity index (χ4v) is 3.11. The van der Waals surface area contributed by atoms with Gasteiger partial charge in [-0.25, -0.2) is 8.42 Å². The van der Waals surface area contributed by atoms with Crippen molar-refractivity contribution >= 4 is 21.5 Å². The van der Waals surface area contributed by atoms with Gasteiger partial charge >= 0.3 is 5.97 Å². The van der Waals surface area contributed by atoms with Gasteiger partial charge in [-0.05, 0) is 30.7 Å². The molecule has 0 radical (unpaired) electrons. The molecule has 0 atom stereocenters. The van der Waals surface area contributed by atoms with Crippen molar-refractivity contribution in [2.75, 3.05) is 31.4 Å². The lowest BCUT2D eigenvalue weighted by atomic mass is 10.3. The molecule has 0 spiro atoms. The number of nitrogens with zero attached hydrogens (tertiary/aromatic N) is 1. The zero-order valence-electron chi connectivity index (χ0n) is 12.1. The molecule has 0 saturated heterocycles. The molecule has 0 fully saturated rings. The van der Waals surface area contributed by atoms with E-state index < -0.39 is 9.84 Å². The molecular weight excluding hydrogens is 278 g/mol. The van der Waals surface area contributed by atoms with E-state index in [1.807, 2.05) is 18.9 Å². The first-order valence-corrected chi connectivity index (χ1v) is 8.16. The maximum Gasteiger partial charge on any atom is 0.307 e. The van der Waals surface area contributed by atoms with Crippen LogP contribution < -0.4 is 4.90 Å². The summed E-state index contributed by atoms with van der Waals surface area (Å²) < 4.78 is 28.4. The molecule has 0 N–H and O–H groups in total. The van der Waals surface area contributed by atoms with E-state index in [9.17, 15) is 13.2 Å². The van der Waals surface area contributed by atoms with Gasteiger partial charge in [-0.1, -0.05) is 6.92 Å². The molecule has 0 heterocycles. The number of ether oxygens (including phenoxy) is 1. The fraction of sp³-hybridized carbons (Fsp3) is 0.500. The number of hydrogen-bond acceptors (Lipinski definition) is 5. The standard InChI is InChI=1S/C14H21NO4S/c1-4-11-20(17,18)13-7-5-12(6-8-13)15(2)10-9-14(16)19-3/h5-8H,4,9-11H2,1-3H3. The monoisotopic (exact) mass is 299 g/mol. The van der Waals surface area contributed by atoms with E-state index >= 15 is 0 Å². The molecule has 1 aromatic rings. The average Bonchev–Trinajstić information content (AvgIpc) is 2.44. The lowest BCUT2D eigenvalue weighted by Gasteiger charge is -2.18. The average molecular weight is 299 g/mol. The molecular formula is C14H21NO4S. The number of carbonyl (C=O) groups is 1. The van der Waals surface area contributed by atoms with Crippen LogP contribution in [0.2, 0.25) is 0 Å². The Morgan fingerprint density at radius 1 is 1.25 bits per heavy atom. The molecule has 0 aromatic heterocycles. The van der Waals surface area contributed by atoms with Crippen LogP contribution in [0.4, 0.5) is 5.69 Å². The van der Waals surface area contributed by atoms with Crippen molar-refractivity contribution in [3.8, 4) is 0 Å². The van der Waals surface area contributed by atoms with Gasteiger partial charge in [0.2, 0.25) is 0 Å². The summed E-state index contributed by atoms with van der Waals surface area (Å²) in [7, 11) is 0.0275. The van der Waals surface area contributed by atoms with Crippen molar-refractivity contribution in [1.29, 1.82) is 0 Å². The maximum absolute atomic E-state index is 11.9. The molecule has 0 amide bonds. The van der Waals surface area contributed by atoms with Crippen LogP contribution in [-0.4, -0.2) is 40.8 Å². The second kappa shape index (κ2) is 7.28. The van der Waals surface area contributed by atoms with Gasteiger partial charge in [-0.15, -0.1) is 0 Å². The first-order valence-electron chi connectivity index (χ1n) is 6.51. The van der Waals surface area contributed by atoms with Gasteiger partial charge in [-0.2, -0.15) is 0 Å². The van der Waals surface area contributed by atoms with Gasteiger partial charge in [0.15, 0.2) is 9.84 Å². The minimum atomic E-state index is -3.18. The highest BCUT2D eigenvalue weighted by molar-refractivity contribution is 7.91. The van der Waals surface area contributed by atoms with E-state index in [4.69, 9.17) is 0 Å². The van der Waals surface area contributed by atoms with Gasteiger partial charge in [0, 0.05) is 19.3 Å². The Morgan fingerprint density at radius 3 is 2.35 bits per heavy atom.